The molecular formula is C42H62N4O12S. The molecule has 2 unspecified atom stereocenters. The molecule has 4 N–H and O–H groups in total. The Morgan fingerprint density at radius 1 is 0.576 bits per heavy atom. The van der Waals surface area contributed by atoms with Gasteiger partial charge in [0.2, 0.25) is 36.2 Å². The van der Waals surface area contributed by atoms with Gasteiger partial charge in [-0.05, 0) is 61.5 Å². The average molecular weight is 847 g/mol. The third-order valence-corrected chi connectivity index (χ3v) is 9.53. The van der Waals surface area contributed by atoms with Gasteiger partial charge in [-0.15, -0.1) is 0 Å². The van der Waals surface area contributed by atoms with Crippen LogP contribution in [0.5, 0.6) is 11.5 Å². The molecule has 16 nitrogen and oxygen atoms in total. The molecule has 0 radical (unpaired) electrons. The van der Waals surface area contributed by atoms with Crippen molar-refractivity contribution in [3.8, 4) is 11.5 Å². The summed E-state index contributed by atoms with van der Waals surface area (Å²) in [7, 11) is 2.83. The molecule has 0 heterocycles. The van der Waals surface area contributed by atoms with Crippen LogP contribution in [0.1, 0.15) is 90.9 Å². The van der Waals surface area contributed by atoms with Crippen LogP contribution in [-0.2, 0) is 47.7 Å². The molecule has 0 aliphatic heterocycles. The van der Waals surface area contributed by atoms with Crippen molar-refractivity contribution in [2.24, 2.45) is 0 Å². The highest BCUT2D eigenvalue weighted by atomic mass is 32.2. The van der Waals surface area contributed by atoms with Crippen LogP contribution < -0.4 is 30.7 Å². The predicted octanol–water partition coefficient (Wildman–Crippen LogP) is 5.74. The van der Waals surface area contributed by atoms with E-state index in [2.05, 4.69) is 21.3 Å². The SMILES string of the molecule is COC(CCOc1cccc(NC(=O)CCCCCCSCCCCCCC(=O)Nc2cccc(OCCC(OC)OC(=O)CNC(C)=O)c2)c1)OC(=O)CNC(C)=O. The number of hydrogen-bond acceptors (Lipinski definition) is 13. The molecule has 0 fully saturated rings. The molecule has 2 atom stereocenters. The number of amides is 4. The van der Waals surface area contributed by atoms with Crippen LogP contribution in [0.15, 0.2) is 48.5 Å². The number of carbonyl (C=O) groups is 6. The molecule has 0 aromatic heterocycles. The Morgan fingerprint density at radius 2 is 0.983 bits per heavy atom. The average Bonchev–Trinajstić information content (AvgIpc) is 3.20. The second-order valence-corrected chi connectivity index (χ2v) is 14.7. The van der Waals surface area contributed by atoms with Gasteiger partial charge in [-0.1, -0.05) is 37.8 Å². The molecule has 0 aliphatic carbocycles. The van der Waals surface area contributed by atoms with Gasteiger partial charge in [0.25, 0.3) is 0 Å². The number of carbonyl (C=O) groups excluding carboxylic acids is 6. The lowest BCUT2D eigenvalue weighted by Crippen LogP contribution is -2.32. The molecular weight excluding hydrogens is 785 g/mol. The first-order chi connectivity index (χ1) is 28.5. The smallest absolute Gasteiger partial charge is 0.327 e. The van der Waals surface area contributed by atoms with Crippen LogP contribution in [0.4, 0.5) is 11.4 Å². The van der Waals surface area contributed by atoms with Gasteiger partial charge < -0.3 is 49.7 Å². The fourth-order valence-corrected chi connectivity index (χ4v) is 6.35. The maximum absolute atomic E-state index is 12.5. The molecule has 0 saturated carbocycles. The van der Waals surface area contributed by atoms with Crippen LogP contribution in [0, 0.1) is 0 Å². The maximum Gasteiger partial charge on any atom is 0.327 e. The molecule has 2 aromatic rings. The maximum atomic E-state index is 12.5. The van der Waals surface area contributed by atoms with Gasteiger partial charge in [-0.25, -0.2) is 0 Å². The monoisotopic (exact) mass is 846 g/mol. The number of esters is 2. The minimum Gasteiger partial charge on any atom is -0.493 e. The Morgan fingerprint density at radius 3 is 1.37 bits per heavy atom. The fourth-order valence-electron chi connectivity index (χ4n) is 5.33. The number of benzene rings is 2. The fraction of sp³-hybridized carbons (Fsp3) is 0.571. The topological polar surface area (TPSA) is 206 Å². The van der Waals surface area contributed by atoms with Gasteiger partial charge in [0.1, 0.15) is 24.6 Å². The van der Waals surface area contributed by atoms with Gasteiger partial charge in [-0.3, -0.25) is 28.8 Å². The van der Waals surface area contributed by atoms with E-state index in [1.54, 1.807) is 48.5 Å². The van der Waals surface area contributed by atoms with E-state index in [-0.39, 0.29) is 62.8 Å². The van der Waals surface area contributed by atoms with Crippen molar-refractivity contribution in [1.29, 1.82) is 0 Å². The number of anilines is 2. The van der Waals surface area contributed by atoms with Crippen LogP contribution >= 0.6 is 11.8 Å². The number of rotatable bonds is 32. The van der Waals surface area contributed by atoms with E-state index in [1.165, 1.54) is 28.1 Å². The molecule has 4 amide bonds. The Kier molecular flexibility index (Phi) is 26.5. The summed E-state index contributed by atoms with van der Waals surface area (Å²) in [5, 5.41) is 10.6. The van der Waals surface area contributed by atoms with E-state index in [0.717, 1.165) is 62.9 Å². The summed E-state index contributed by atoms with van der Waals surface area (Å²) in [6, 6.07) is 14.2. The minimum atomic E-state index is -0.815. The molecule has 2 rings (SSSR count). The molecule has 0 bridgehead atoms. The number of hydrogen-bond donors (Lipinski definition) is 4. The highest BCUT2D eigenvalue weighted by molar-refractivity contribution is 7.99. The zero-order chi connectivity index (χ0) is 43.1. The van der Waals surface area contributed by atoms with E-state index < -0.39 is 24.5 Å². The van der Waals surface area contributed by atoms with Crippen LogP contribution in [0.2, 0.25) is 0 Å². The van der Waals surface area contributed by atoms with Gasteiger partial charge in [0, 0.05) is 77.3 Å². The molecule has 17 heteroatoms. The number of unbranched alkanes of at least 4 members (excludes halogenated alkanes) is 6. The standard InChI is InChI=1S/C42H62N4O12S/c1-31(47)43-29-39(51)57-41(53-3)21-23-55-35-17-13-15-33(27-35)45-37(49)19-9-5-7-11-25-59-26-12-8-6-10-20-38(50)46-34-16-14-18-36(28-34)56-24-22-42(54-4)58-40(52)30-44-32(2)48/h13-18,27-28,41-42H,5-12,19-26,29-30H2,1-4H3,(H,43,47)(H,44,48)(H,45,49)(H,46,50). The van der Waals surface area contributed by atoms with E-state index in [1.807, 2.05) is 11.8 Å². The lowest BCUT2D eigenvalue weighted by molar-refractivity contribution is -0.175. The summed E-state index contributed by atoms with van der Waals surface area (Å²) in [6.45, 7) is 2.58. The first-order valence-corrected chi connectivity index (χ1v) is 21.2. The van der Waals surface area contributed by atoms with E-state index in [4.69, 9.17) is 28.4 Å². The van der Waals surface area contributed by atoms with Gasteiger partial charge in [-0.2, -0.15) is 11.8 Å². The molecule has 0 spiro atoms. The minimum absolute atomic E-state index is 0.0482. The summed E-state index contributed by atoms with van der Waals surface area (Å²) < 4.78 is 32.1. The number of ether oxygens (including phenoxy) is 6. The van der Waals surface area contributed by atoms with Gasteiger partial charge in [0.15, 0.2) is 0 Å². The van der Waals surface area contributed by atoms with Crippen LogP contribution in [0.25, 0.3) is 0 Å². The quantitative estimate of drug-likeness (QED) is 0.0395. The third kappa shape index (κ3) is 26.0. The molecule has 59 heavy (non-hydrogen) atoms. The lowest BCUT2D eigenvalue weighted by atomic mass is 10.1. The van der Waals surface area contributed by atoms with Crippen molar-refractivity contribution in [2.75, 3.05) is 62.7 Å². The van der Waals surface area contributed by atoms with Crippen molar-refractivity contribution in [1.82, 2.24) is 10.6 Å². The largest absolute Gasteiger partial charge is 0.493 e. The van der Waals surface area contributed by atoms with Crippen molar-refractivity contribution in [2.45, 2.75) is 103 Å². The van der Waals surface area contributed by atoms with E-state index in [0.29, 0.717) is 35.7 Å². The normalized spacial score (nSPS) is 11.7. The summed E-state index contributed by atoms with van der Waals surface area (Å²) in [4.78, 5) is 70.5. The van der Waals surface area contributed by atoms with Crippen molar-refractivity contribution in [3.63, 3.8) is 0 Å². The highest BCUT2D eigenvalue weighted by Crippen LogP contribution is 2.20. The van der Waals surface area contributed by atoms with Gasteiger partial charge >= 0.3 is 11.9 Å². The first-order valence-electron chi connectivity index (χ1n) is 20.0. The summed E-state index contributed by atoms with van der Waals surface area (Å²) in [5.41, 5.74) is 1.28. The molecule has 2 aromatic carbocycles. The Hall–Kier alpha value is -4.87. The Bertz CT molecular complexity index is 1470. The summed E-state index contributed by atoms with van der Waals surface area (Å²) in [6.07, 6.45) is 7.81. The van der Waals surface area contributed by atoms with Crippen molar-refractivity contribution in [3.05, 3.63) is 48.5 Å². The lowest BCUT2D eigenvalue weighted by Gasteiger charge is -2.17. The van der Waals surface area contributed by atoms with Crippen molar-refractivity contribution >= 4 is 58.7 Å². The van der Waals surface area contributed by atoms with Crippen molar-refractivity contribution < 1.29 is 57.2 Å². The molecule has 0 aliphatic rings. The number of methoxy groups -OCH3 is 2. The molecule has 0 saturated heterocycles. The predicted molar refractivity (Wildman–Crippen MR) is 225 cm³/mol. The number of thioether (sulfide) groups is 1. The zero-order valence-electron chi connectivity index (χ0n) is 34.8. The van der Waals surface area contributed by atoms with Crippen LogP contribution in [0.3, 0.4) is 0 Å². The zero-order valence-corrected chi connectivity index (χ0v) is 35.6. The second-order valence-electron chi connectivity index (χ2n) is 13.5. The van der Waals surface area contributed by atoms with Crippen LogP contribution in [-0.4, -0.2) is 100 Å². The first kappa shape index (κ1) is 50.3. The number of nitrogens with one attached hydrogen (secondary N) is 4. The Labute approximate surface area is 351 Å². The highest BCUT2D eigenvalue weighted by Gasteiger charge is 2.16. The summed E-state index contributed by atoms with van der Waals surface area (Å²) in [5.74, 6) is 1.33. The van der Waals surface area contributed by atoms with Gasteiger partial charge in [0.05, 0.1) is 13.2 Å². The third-order valence-electron chi connectivity index (χ3n) is 8.38. The summed E-state index contributed by atoms with van der Waals surface area (Å²) >= 11 is 1.95. The van der Waals surface area contributed by atoms with E-state index >= 15 is 0 Å². The van der Waals surface area contributed by atoms with E-state index in [9.17, 15) is 28.8 Å². The Balaban J connectivity index is 1.46. The second kappa shape index (κ2) is 31.1. The molecule has 328 valence electrons.